The van der Waals surface area contributed by atoms with Gasteiger partial charge in [-0.25, -0.2) is 0 Å². The largest absolute Gasteiger partial charge is 0.309 e. The van der Waals surface area contributed by atoms with Crippen LogP contribution >= 0.6 is 0 Å². The summed E-state index contributed by atoms with van der Waals surface area (Å²) < 4.78 is 4.87. The molecular formula is C54H34N2. The minimum absolute atomic E-state index is 1.16. The molecule has 0 aliphatic carbocycles. The Morgan fingerprint density at radius 1 is 0.232 bits per heavy atom. The molecule has 12 rings (SSSR count). The van der Waals surface area contributed by atoms with E-state index in [0.29, 0.717) is 0 Å². The molecule has 260 valence electrons. The van der Waals surface area contributed by atoms with Crippen molar-refractivity contribution in [3.63, 3.8) is 0 Å². The van der Waals surface area contributed by atoms with Crippen LogP contribution in [0.15, 0.2) is 206 Å². The second-order valence-corrected chi connectivity index (χ2v) is 14.9. The van der Waals surface area contributed by atoms with Crippen molar-refractivity contribution in [1.82, 2.24) is 8.97 Å². The molecule has 0 aliphatic heterocycles. The molecule has 2 heteroatoms. The zero-order chi connectivity index (χ0) is 36.7. The normalized spacial score (nSPS) is 11.9. The highest BCUT2D eigenvalue weighted by atomic mass is 15.0. The molecule has 9 aromatic carbocycles. The molecule has 0 saturated heterocycles. The predicted octanol–water partition coefficient (Wildman–Crippen LogP) is 14.6. The van der Waals surface area contributed by atoms with Crippen molar-refractivity contribution in [2.24, 2.45) is 0 Å². The van der Waals surface area contributed by atoms with Crippen LogP contribution in [0.2, 0.25) is 0 Å². The van der Waals surface area contributed by atoms with Gasteiger partial charge in [-0.3, -0.25) is 0 Å². The summed E-state index contributed by atoms with van der Waals surface area (Å²) in [6.07, 6.45) is 0. The Hall–Kier alpha value is -7.42. The smallest absolute Gasteiger partial charge is 0.0620 e. The second-order valence-electron chi connectivity index (χ2n) is 14.9. The summed E-state index contributed by atoms with van der Waals surface area (Å²) in [6.45, 7) is 0. The first-order valence-corrected chi connectivity index (χ1v) is 19.3. The molecule has 56 heavy (non-hydrogen) atoms. The summed E-state index contributed by atoms with van der Waals surface area (Å²) in [4.78, 5) is 0. The lowest BCUT2D eigenvalue weighted by Gasteiger charge is -2.13. The quantitative estimate of drug-likeness (QED) is 0.168. The topological polar surface area (TPSA) is 9.34 Å². The number of hydrogen-bond acceptors (Lipinski definition) is 0. The van der Waals surface area contributed by atoms with Gasteiger partial charge >= 0.3 is 0 Å². The van der Waals surface area contributed by atoms with Gasteiger partial charge in [-0.1, -0.05) is 146 Å². The maximum atomic E-state index is 2.47. The first-order chi connectivity index (χ1) is 27.8. The molecule has 0 spiro atoms. The Balaban J connectivity index is 1.04. The zero-order valence-corrected chi connectivity index (χ0v) is 30.5. The van der Waals surface area contributed by atoms with E-state index in [-0.39, 0.29) is 0 Å². The number of nitrogens with zero attached hydrogens (tertiary/aromatic N) is 2. The van der Waals surface area contributed by atoms with Crippen molar-refractivity contribution in [3.8, 4) is 50.2 Å². The number of rotatable bonds is 5. The third kappa shape index (κ3) is 4.63. The van der Waals surface area contributed by atoms with Crippen molar-refractivity contribution < 1.29 is 0 Å². The molecule has 0 N–H and O–H groups in total. The third-order valence-electron chi connectivity index (χ3n) is 11.8. The molecule has 3 heterocycles. The number of para-hydroxylation sites is 3. The molecule has 0 amide bonds. The van der Waals surface area contributed by atoms with E-state index in [0.717, 1.165) is 5.69 Å². The standard InChI is InChI=1S/C54H34N2/c1-3-12-35(13-4-1)37-22-26-43(27-23-37)55-50-20-9-8-17-45(50)49-33-38(25-29-52(49)55)41-30-40(36-14-5-2-6-15-36)31-42(32-41)39-24-28-46-48-19-11-18-47-44-16-7-10-21-51(44)56(54(47)48)53(46)34-39/h1-34H. The van der Waals surface area contributed by atoms with Crippen molar-refractivity contribution in [2.45, 2.75) is 0 Å². The van der Waals surface area contributed by atoms with Crippen molar-refractivity contribution in [2.75, 3.05) is 0 Å². The van der Waals surface area contributed by atoms with Gasteiger partial charge in [0.2, 0.25) is 0 Å². The lowest BCUT2D eigenvalue weighted by Crippen LogP contribution is -1.93. The van der Waals surface area contributed by atoms with E-state index in [2.05, 4.69) is 215 Å². The number of hydrogen-bond donors (Lipinski definition) is 0. The Bertz CT molecular complexity index is 3440. The van der Waals surface area contributed by atoms with Gasteiger partial charge in [0.05, 0.1) is 27.6 Å². The minimum atomic E-state index is 1.16. The van der Waals surface area contributed by atoms with Gasteiger partial charge in [0.25, 0.3) is 0 Å². The second kappa shape index (κ2) is 12.0. The van der Waals surface area contributed by atoms with Gasteiger partial charge in [0.1, 0.15) is 0 Å². The van der Waals surface area contributed by atoms with Crippen LogP contribution in [0, 0.1) is 0 Å². The Labute approximate surface area is 324 Å². The first-order valence-electron chi connectivity index (χ1n) is 19.3. The molecule has 0 saturated carbocycles. The summed E-state index contributed by atoms with van der Waals surface area (Å²) in [7, 11) is 0. The van der Waals surface area contributed by atoms with Crippen LogP contribution in [-0.2, 0) is 0 Å². The van der Waals surface area contributed by atoms with Crippen LogP contribution in [0.5, 0.6) is 0 Å². The van der Waals surface area contributed by atoms with Crippen molar-refractivity contribution in [3.05, 3.63) is 206 Å². The maximum Gasteiger partial charge on any atom is 0.0620 e. The molecule has 0 unspecified atom stereocenters. The van der Waals surface area contributed by atoms with Crippen LogP contribution in [0.25, 0.3) is 110 Å². The maximum absolute atomic E-state index is 2.47. The highest BCUT2D eigenvalue weighted by Gasteiger charge is 2.19. The van der Waals surface area contributed by atoms with Gasteiger partial charge in [-0.2, -0.15) is 0 Å². The summed E-state index contributed by atoms with van der Waals surface area (Å²) in [5.74, 6) is 0. The third-order valence-corrected chi connectivity index (χ3v) is 11.8. The van der Waals surface area contributed by atoms with Crippen molar-refractivity contribution in [1.29, 1.82) is 0 Å². The van der Waals surface area contributed by atoms with Gasteiger partial charge in [-0.15, -0.1) is 0 Å². The monoisotopic (exact) mass is 710 g/mol. The summed E-state index contributed by atoms with van der Waals surface area (Å²) in [6, 6.07) is 75.7. The van der Waals surface area contributed by atoms with E-state index < -0.39 is 0 Å². The molecular weight excluding hydrogens is 677 g/mol. The lowest BCUT2D eigenvalue weighted by molar-refractivity contribution is 1.18. The van der Waals surface area contributed by atoms with E-state index in [1.165, 1.54) is 104 Å². The van der Waals surface area contributed by atoms with Crippen LogP contribution < -0.4 is 0 Å². The Morgan fingerprint density at radius 3 is 1.39 bits per heavy atom. The van der Waals surface area contributed by atoms with E-state index >= 15 is 0 Å². The van der Waals surface area contributed by atoms with Gasteiger partial charge in [0.15, 0.2) is 0 Å². The molecule has 0 atom stereocenters. The highest BCUT2D eigenvalue weighted by molar-refractivity contribution is 6.23. The van der Waals surface area contributed by atoms with Gasteiger partial charge in [-0.05, 0) is 105 Å². The Kier molecular flexibility index (Phi) is 6.66. The predicted molar refractivity (Wildman–Crippen MR) is 237 cm³/mol. The van der Waals surface area contributed by atoms with Crippen LogP contribution in [0.3, 0.4) is 0 Å². The van der Waals surface area contributed by atoms with E-state index in [4.69, 9.17) is 0 Å². The van der Waals surface area contributed by atoms with E-state index in [9.17, 15) is 0 Å². The average Bonchev–Trinajstić information content (AvgIpc) is 3.92. The zero-order valence-electron chi connectivity index (χ0n) is 30.5. The van der Waals surface area contributed by atoms with Crippen molar-refractivity contribution >= 4 is 59.9 Å². The first kappa shape index (κ1) is 31.0. The SMILES string of the molecule is c1ccc(-c2ccc(-n3c4ccccc4c4cc(-c5cc(-c6ccccc6)cc(-c6ccc7c8cccc9c%10ccccc%10n(c7c6)c98)c5)ccc43)cc2)cc1. The molecule has 0 fully saturated rings. The van der Waals surface area contributed by atoms with Gasteiger partial charge < -0.3 is 8.97 Å². The summed E-state index contributed by atoms with van der Waals surface area (Å²) >= 11 is 0. The number of aromatic nitrogens is 2. The highest BCUT2D eigenvalue weighted by Crippen LogP contribution is 2.42. The molecule has 12 aromatic rings. The number of benzene rings is 9. The molecule has 0 aliphatic rings. The van der Waals surface area contributed by atoms with Crippen LogP contribution in [0.4, 0.5) is 0 Å². The van der Waals surface area contributed by atoms with Crippen LogP contribution in [0.1, 0.15) is 0 Å². The fourth-order valence-electron chi connectivity index (χ4n) is 9.23. The lowest BCUT2D eigenvalue weighted by atomic mass is 9.92. The molecule has 2 nitrogen and oxygen atoms in total. The Morgan fingerprint density at radius 2 is 0.696 bits per heavy atom. The van der Waals surface area contributed by atoms with E-state index in [1.807, 2.05) is 0 Å². The van der Waals surface area contributed by atoms with E-state index in [1.54, 1.807) is 0 Å². The summed E-state index contributed by atoms with van der Waals surface area (Å²) in [5.41, 5.74) is 17.0. The fraction of sp³-hybridized carbons (Fsp3) is 0. The van der Waals surface area contributed by atoms with Crippen LogP contribution in [-0.4, -0.2) is 8.97 Å². The molecule has 0 bridgehead atoms. The average molecular weight is 711 g/mol. The molecule has 3 aromatic heterocycles. The van der Waals surface area contributed by atoms with Gasteiger partial charge in [0, 0.05) is 38.0 Å². The minimum Gasteiger partial charge on any atom is -0.309 e. The fourth-order valence-corrected chi connectivity index (χ4v) is 9.23. The summed E-state index contributed by atoms with van der Waals surface area (Å²) in [5, 5.41) is 7.70. The number of fused-ring (bicyclic) bond motifs is 9. The molecule has 0 radical (unpaired) electrons.